The van der Waals surface area contributed by atoms with Crippen LogP contribution in [0.15, 0.2) is 36.5 Å². The van der Waals surface area contributed by atoms with E-state index < -0.39 is 6.03 Å². The van der Waals surface area contributed by atoms with Gasteiger partial charge in [-0.05, 0) is 49.2 Å². The summed E-state index contributed by atoms with van der Waals surface area (Å²) in [4.78, 5) is 20.9. The van der Waals surface area contributed by atoms with E-state index in [9.17, 15) is 9.90 Å². The van der Waals surface area contributed by atoms with E-state index in [0.29, 0.717) is 16.9 Å². The fourth-order valence-electron chi connectivity index (χ4n) is 2.43. The minimum Gasteiger partial charge on any atom is -0.505 e. The lowest BCUT2D eigenvalue weighted by Crippen LogP contribution is -2.38. The molecule has 0 radical (unpaired) electrons. The van der Waals surface area contributed by atoms with E-state index >= 15 is 0 Å². The molecule has 0 saturated heterocycles. The molecule has 3 rings (SSSR count). The number of nitrogens with zero attached hydrogens (tertiary/aromatic N) is 3. The number of anilines is 1. The number of thiol groups is 1. The predicted molar refractivity (Wildman–Crippen MR) is 112 cm³/mol. The summed E-state index contributed by atoms with van der Waals surface area (Å²) in [6.45, 7) is 3.71. The Morgan fingerprint density at radius 3 is 2.44 bits per heavy atom. The van der Waals surface area contributed by atoms with Crippen LogP contribution in [0.1, 0.15) is 13.8 Å². The van der Waals surface area contributed by atoms with Crippen LogP contribution in [0.3, 0.4) is 0 Å². The molecular formula is C18H16Cl2N4O2S. The summed E-state index contributed by atoms with van der Waals surface area (Å²) in [5, 5.41) is 12.8. The topological polar surface area (TPSA) is 78.4 Å². The van der Waals surface area contributed by atoms with Gasteiger partial charge in [0.05, 0.1) is 27.3 Å². The van der Waals surface area contributed by atoms with Crippen molar-refractivity contribution in [3.63, 3.8) is 0 Å². The lowest BCUT2D eigenvalue weighted by molar-refractivity contribution is 0.247. The third kappa shape index (κ3) is 4.21. The first-order valence-electron chi connectivity index (χ1n) is 8.01. The van der Waals surface area contributed by atoms with Crippen molar-refractivity contribution >= 4 is 58.9 Å². The van der Waals surface area contributed by atoms with E-state index in [1.165, 1.54) is 6.20 Å². The largest absolute Gasteiger partial charge is 0.505 e. The van der Waals surface area contributed by atoms with Gasteiger partial charge < -0.3 is 10.4 Å². The quantitative estimate of drug-likeness (QED) is 0.514. The van der Waals surface area contributed by atoms with E-state index in [-0.39, 0.29) is 21.8 Å². The number of aromatic nitrogens is 2. The summed E-state index contributed by atoms with van der Waals surface area (Å²) in [6, 6.07) is 8.25. The number of phenolic OH excluding ortho intramolecular Hbond substituents is 1. The Labute approximate surface area is 171 Å². The van der Waals surface area contributed by atoms with Gasteiger partial charge in [0.1, 0.15) is 0 Å². The monoisotopic (exact) mass is 422 g/mol. The number of amides is 2. The third-order valence-electron chi connectivity index (χ3n) is 3.70. The van der Waals surface area contributed by atoms with Gasteiger partial charge in [-0.15, -0.1) is 0 Å². The molecule has 1 aromatic heterocycles. The summed E-state index contributed by atoms with van der Waals surface area (Å²) in [5.41, 5.74) is 2.73. The molecular weight excluding hydrogens is 407 g/mol. The first kappa shape index (κ1) is 19.5. The molecule has 2 aromatic carbocycles. The first-order valence-corrected chi connectivity index (χ1v) is 9.16. The molecule has 1 heterocycles. The van der Waals surface area contributed by atoms with Gasteiger partial charge in [0, 0.05) is 6.04 Å². The van der Waals surface area contributed by atoms with Crippen LogP contribution < -0.4 is 9.62 Å². The van der Waals surface area contributed by atoms with Crippen molar-refractivity contribution < 1.29 is 9.90 Å². The second kappa shape index (κ2) is 7.80. The van der Waals surface area contributed by atoms with E-state index in [4.69, 9.17) is 23.2 Å². The van der Waals surface area contributed by atoms with E-state index in [0.717, 1.165) is 15.4 Å². The van der Waals surface area contributed by atoms with Gasteiger partial charge in [0.2, 0.25) is 0 Å². The highest BCUT2D eigenvalue weighted by molar-refractivity contribution is 7.82. The highest BCUT2D eigenvalue weighted by Gasteiger charge is 2.16. The SMILES string of the molecule is CC(C)NC(=O)N(S)c1cnc2ccc(-c3cc(Cl)c(O)c(Cl)c3)cc2n1. The molecule has 2 amide bonds. The second-order valence-electron chi connectivity index (χ2n) is 6.14. The van der Waals surface area contributed by atoms with E-state index in [2.05, 4.69) is 28.1 Å². The zero-order chi connectivity index (χ0) is 19.7. The third-order valence-corrected chi connectivity index (χ3v) is 4.66. The number of rotatable bonds is 3. The van der Waals surface area contributed by atoms with Gasteiger partial charge in [-0.3, -0.25) is 4.98 Å². The Bertz CT molecular complexity index is 1010. The van der Waals surface area contributed by atoms with E-state index in [1.54, 1.807) is 24.3 Å². The van der Waals surface area contributed by atoms with Crippen molar-refractivity contribution in [2.45, 2.75) is 19.9 Å². The normalized spacial score (nSPS) is 11.0. The molecule has 0 unspecified atom stereocenters. The standard InChI is InChI=1S/C18H16Cl2N4O2S/c1-9(2)22-18(26)24(27)16-8-21-14-4-3-10(7-15(14)23-16)11-5-12(19)17(25)13(20)6-11/h3-9,25,27H,1-2H3,(H,22,26). The summed E-state index contributed by atoms with van der Waals surface area (Å²) < 4.78 is 1.10. The molecule has 0 atom stereocenters. The number of phenols is 1. The highest BCUT2D eigenvalue weighted by atomic mass is 35.5. The van der Waals surface area contributed by atoms with Crippen LogP contribution in [0, 0.1) is 0 Å². The Morgan fingerprint density at radius 2 is 1.81 bits per heavy atom. The molecule has 0 aliphatic carbocycles. The number of urea groups is 1. The van der Waals surface area contributed by atoms with Gasteiger partial charge >= 0.3 is 6.03 Å². The zero-order valence-corrected chi connectivity index (χ0v) is 16.8. The summed E-state index contributed by atoms with van der Waals surface area (Å²) in [7, 11) is 0. The van der Waals surface area contributed by atoms with E-state index in [1.807, 2.05) is 19.9 Å². The number of fused-ring (bicyclic) bond motifs is 1. The van der Waals surface area contributed by atoms with Gasteiger partial charge in [0.25, 0.3) is 0 Å². The molecule has 0 aliphatic heterocycles. The van der Waals surface area contributed by atoms with Gasteiger partial charge in [-0.1, -0.05) is 42.1 Å². The van der Waals surface area contributed by atoms with Gasteiger partial charge in [-0.25, -0.2) is 14.1 Å². The molecule has 3 aromatic rings. The molecule has 0 aliphatic rings. The molecule has 0 spiro atoms. The second-order valence-corrected chi connectivity index (χ2v) is 7.35. The molecule has 9 heteroatoms. The Hall–Kier alpha value is -2.22. The summed E-state index contributed by atoms with van der Waals surface area (Å²) >= 11 is 16.2. The molecule has 140 valence electrons. The smallest absolute Gasteiger partial charge is 0.333 e. The van der Waals surface area contributed by atoms with Crippen LogP contribution in [0.5, 0.6) is 5.75 Å². The Kier molecular flexibility index (Phi) is 5.64. The number of aromatic hydroxyl groups is 1. The number of halogens is 2. The van der Waals surface area contributed by atoms with Crippen molar-refractivity contribution in [1.29, 1.82) is 0 Å². The van der Waals surface area contributed by atoms with Crippen molar-refractivity contribution in [2.75, 3.05) is 4.31 Å². The number of hydrogen-bond donors (Lipinski definition) is 3. The number of nitrogens with one attached hydrogen (secondary N) is 1. The number of carbonyl (C=O) groups is 1. The summed E-state index contributed by atoms with van der Waals surface area (Å²) in [6.07, 6.45) is 1.48. The van der Waals surface area contributed by atoms with Crippen LogP contribution in [-0.4, -0.2) is 27.1 Å². The summed E-state index contributed by atoms with van der Waals surface area (Å²) in [5.74, 6) is 0.134. The molecule has 2 N–H and O–H groups in total. The fourth-order valence-corrected chi connectivity index (χ4v) is 3.07. The van der Waals surface area contributed by atoms with Crippen molar-refractivity contribution in [3.8, 4) is 16.9 Å². The first-order chi connectivity index (χ1) is 12.8. The van der Waals surface area contributed by atoms with Gasteiger partial charge in [0.15, 0.2) is 11.6 Å². The maximum Gasteiger partial charge on any atom is 0.333 e. The minimum absolute atomic E-state index is 0.0313. The molecule has 27 heavy (non-hydrogen) atoms. The van der Waals surface area contributed by atoms with Crippen LogP contribution in [0.2, 0.25) is 10.0 Å². The Balaban J connectivity index is 2.01. The van der Waals surface area contributed by atoms with Crippen molar-refractivity contribution in [3.05, 3.63) is 46.6 Å². The van der Waals surface area contributed by atoms with Crippen molar-refractivity contribution in [2.24, 2.45) is 0 Å². The minimum atomic E-state index is -0.393. The maximum absolute atomic E-state index is 12.1. The predicted octanol–water partition coefficient (Wildman–Crippen LogP) is 5.08. The lowest BCUT2D eigenvalue weighted by atomic mass is 10.0. The van der Waals surface area contributed by atoms with Crippen molar-refractivity contribution in [1.82, 2.24) is 15.3 Å². The highest BCUT2D eigenvalue weighted by Crippen LogP contribution is 2.37. The zero-order valence-electron chi connectivity index (χ0n) is 14.4. The molecule has 0 saturated carbocycles. The van der Waals surface area contributed by atoms with Crippen LogP contribution in [0.25, 0.3) is 22.2 Å². The molecule has 0 fully saturated rings. The average molecular weight is 423 g/mol. The number of hydrogen-bond acceptors (Lipinski definition) is 5. The number of benzene rings is 2. The number of carbonyl (C=O) groups excluding carboxylic acids is 1. The van der Waals surface area contributed by atoms with Gasteiger partial charge in [-0.2, -0.15) is 0 Å². The maximum atomic E-state index is 12.1. The lowest BCUT2D eigenvalue weighted by Gasteiger charge is -2.17. The Morgan fingerprint density at radius 1 is 1.15 bits per heavy atom. The van der Waals surface area contributed by atoms with Crippen LogP contribution >= 0.6 is 36.0 Å². The molecule has 0 bridgehead atoms. The van der Waals surface area contributed by atoms with Crippen LogP contribution in [0.4, 0.5) is 10.6 Å². The fraction of sp³-hybridized carbons (Fsp3) is 0.167. The molecule has 6 nitrogen and oxygen atoms in total. The van der Waals surface area contributed by atoms with Crippen LogP contribution in [-0.2, 0) is 0 Å². The average Bonchev–Trinajstić information content (AvgIpc) is 2.63.